The maximum Gasteiger partial charge on any atom is 0.125 e. The van der Waals surface area contributed by atoms with Gasteiger partial charge in [-0.1, -0.05) is 0 Å². The van der Waals surface area contributed by atoms with Crippen molar-refractivity contribution in [2.45, 2.75) is 39.5 Å². The number of rotatable bonds is 0. The Kier molecular flexibility index (Phi) is 5.28. The fraction of sp³-hybridized carbons (Fsp3) is 0.357. The number of aromatic nitrogens is 3. The molecule has 0 aliphatic carbocycles. The maximum atomic E-state index is 4.21. The summed E-state index contributed by atoms with van der Waals surface area (Å²) >= 11 is 4.21. The second-order valence-corrected chi connectivity index (χ2v) is 4.77. The highest BCUT2D eigenvalue weighted by Crippen LogP contribution is 2.13. The van der Waals surface area contributed by atoms with Crippen molar-refractivity contribution in [1.29, 1.82) is 0 Å². The number of nitrogens with zero attached hydrogens (tertiary/aromatic N) is 3. The van der Waals surface area contributed by atoms with Crippen molar-refractivity contribution in [2.75, 3.05) is 0 Å². The van der Waals surface area contributed by atoms with Crippen LogP contribution in [0.15, 0.2) is 23.5 Å². The summed E-state index contributed by atoms with van der Waals surface area (Å²) in [5.41, 5.74) is 4.64. The van der Waals surface area contributed by atoms with Gasteiger partial charge in [-0.15, -0.1) is 12.6 Å². The molecule has 18 heavy (non-hydrogen) atoms. The molecule has 3 nitrogen and oxygen atoms in total. The number of hydrogen-bond donors (Lipinski definition) is 1. The number of hydrogen-bond acceptors (Lipinski definition) is 4. The maximum absolute atomic E-state index is 4.21. The molecule has 0 unspecified atom stereocenters. The summed E-state index contributed by atoms with van der Waals surface area (Å²) in [4.78, 5) is 13.1. The summed E-state index contributed by atoms with van der Waals surface area (Å²) in [6.07, 6.45) is 5.44. The normalized spacial score (nSPS) is 9.67. The minimum Gasteiger partial charge on any atom is -0.263 e. The Hall–Kier alpha value is -1.42. The molecule has 2 aromatic rings. The van der Waals surface area contributed by atoms with Crippen LogP contribution in [0.4, 0.5) is 0 Å². The van der Waals surface area contributed by atoms with Crippen molar-refractivity contribution in [3.63, 3.8) is 0 Å². The van der Waals surface area contributed by atoms with Crippen LogP contribution < -0.4 is 0 Å². The Morgan fingerprint density at radius 2 is 1.56 bits per heavy atom. The molecule has 0 aliphatic rings. The molecule has 0 amide bonds. The molecule has 0 fully saturated rings. The van der Waals surface area contributed by atoms with Gasteiger partial charge >= 0.3 is 0 Å². The van der Waals surface area contributed by atoms with Gasteiger partial charge in [0.05, 0.1) is 0 Å². The monoisotopic (exact) mass is 261 g/mol. The van der Waals surface area contributed by atoms with Crippen molar-refractivity contribution >= 4 is 12.6 Å². The third kappa shape index (κ3) is 4.11. The first-order valence-electron chi connectivity index (χ1n) is 5.79. The second kappa shape index (κ2) is 6.50. The third-order valence-electron chi connectivity index (χ3n) is 2.79. The Morgan fingerprint density at radius 3 is 2.00 bits per heavy atom. The fourth-order valence-corrected chi connectivity index (χ4v) is 1.50. The molecule has 0 bridgehead atoms. The van der Waals surface area contributed by atoms with E-state index in [1.807, 2.05) is 47.0 Å². The first-order chi connectivity index (χ1) is 8.41. The van der Waals surface area contributed by atoms with E-state index in [0.717, 1.165) is 22.0 Å². The van der Waals surface area contributed by atoms with Crippen molar-refractivity contribution < 1.29 is 0 Å². The van der Waals surface area contributed by atoms with E-state index in [2.05, 4.69) is 27.6 Å². The molecule has 0 atom stereocenters. The Labute approximate surface area is 114 Å². The minimum atomic E-state index is 0.845. The molecule has 96 valence electrons. The van der Waals surface area contributed by atoms with Crippen molar-refractivity contribution in [2.24, 2.45) is 0 Å². The lowest BCUT2D eigenvalue weighted by Gasteiger charge is -1.99. The Morgan fingerprint density at radius 1 is 0.889 bits per heavy atom. The van der Waals surface area contributed by atoms with E-state index in [-0.39, 0.29) is 0 Å². The van der Waals surface area contributed by atoms with Gasteiger partial charge in [0.25, 0.3) is 0 Å². The molecule has 0 N–H and O–H groups in total. The molecule has 0 radical (unpaired) electrons. The smallest absolute Gasteiger partial charge is 0.125 e. The topological polar surface area (TPSA) is 38.7 Å². The highest BCUT2D eigenvalue weighted by molar-refractivity contribution is 7.80. The van der Waals surface area contributed by atoms with Gasteiger partial charge in [0.15, 0.2) is 0 Å². The van der Waals surface area contributed by atoms with Gasteiger partial charge in [0.2, 0.25) is 0 Å². The average Bonchev–Trinajstić information content (AvgIpc) is 2.32. The molecule has 4 heteroatoms. The molecule has 0 aliphatic heterocycles. The van der Waals surface area contributed by atoms with Crippen LogP contribution in [0, 0.1) is 34.6 Å². The van der Waals surface area contributed by atoms with Crippen molar-refractivity contribution in [3.8, 4) is 0 Å². The molecule has 2 aromatic heterocycles. The molecule has 0 saturated heterocycles. The van der Waals surface area contributed by atoms with Gasteiger partial charge in [0.1, 0.15) is 5.82 Å². The van der Waals surface area contributed by atoms with Crippen LogP contribution in [-0.2, 0) is 0 Å². The van der Waals surface area contributed by atoms with E-state index < -0.39 is 0 Å². The summed E-state index contributed by atoms with van der Waals surface area (Å²) in [5.74, 6) is 0.845. The lowest BCUT2D eigenvalue weighted by Crippen LogP contribution is -1.92. The highest BCUT2D eigenvalue weighted by atomic mass is 32.1. The first-order valence-corrected chi connectivity index (χ1v) is 6.23. The van der Waals surface area contributed by atoms with Gasteiger partial charge in [-0.05, 0) is 51.3 Å². The summed E-state index contributed by atoms with van der Waals surface area (Å²) in [7, 11) is 0. The molecule has 2 heterocycles. The molecule has 0 spiro atoms. The van der Waals surface area contributed by atoms with E-state index in [4.69, 9.17) is 0 Å². The van der Waals surface area contributed by atoms with Gasteiger partial charge in [0, 0.05) is 29.2 Å². The zero-order valence-corrected chi connectivity index (χ0v) is 12.4. The predicted molar refractivity (Wildman–Crippen MR) is 77.2 cm³/mol. The molecule has 0 saturated carbocycles. The first kappa shape index (κ1) is 14.6. The zero-order valence-electron chi connectivity index (χ0n) is 11.5. The van der Waals surface area contributed by atoms with Crippen LogP contribution in [0.3, 0.4) is 0 Å². The van der Waals surface area contributed by atoms with Crippen LogP contribution in [-0.4, -0.2) is 15.0 Å². The quantitative estimate of drug-likeness (QED) is 0.739. The molecular formula is C14H19N3S. The summed E-state index contributed by atoms with van der Waals surface area (Å²) in [6, 6.07) is 0. The van der Waals surface area contributed by atoms with Gasteiger partial charge in [-0.2, -0.15) is 0 Å². The van der Waals surface area contributed by atoms with E-state index in [0.29, 0.717) is 0 Å². The van der Waals surface area contributed by atoms with Gasteiger partial charge in [-0.25, -0.2) is 9.97 Å². The summed E-state index contributed by atoms with van der Waals surface area (Å²) < 4.78 is 0. The van der Waals surface area contributed by atoms with E-state index >= 15 is 0 Å². The van der Waals surface area contributed by atoms with Gasteiger partial charge < -0.3 is 0 Å². The lowest BCUT2D eigenvalue weighted by molar-refractivity contribution is 0.986. The van der Waals surface area contributed by atoms with Crippen LogP contribution >= 0.6 is 12.6 Å². The van der Waals surface area contributed by atoms with Crippen LogP contribution in [0.2, 0.25) is 0 Å². The van der Waals surface area contributed by atoms with E-state index in [1.54, 1.807) is 6.20 Å². The number of thiol groups is 1. The molecular weight excluding hydrogens is 242 g/mol. The van der Waals surface area contributed by atoms with Gasteiger partial charge in [-0.3, -0.25) is 4.98 Å². The fourth-order valence-electron chi connectivity index (χ4n) is 1.26. The molecule has 0 aromatic carbocycles. The van der Waals surface area contributed by atoms with Crippen LogP contribution in [0.1, 0.15) is 28.2 Å². The van der Waals surface area contributed by atoms with Crippen molar-refractivity contribution in [3.05, 3.63) is 46.8 Å². The lowest BCUT2D eigenvalue weighted by atomic mass is 10.2. The number of pyridine rings is 1. The Bertz CT molecular complexity index is 518. The van der Waals surface area contributed by atoms with E-state index in [1.165, 1.54) is 11.1 Å². The third-order valence-corrected chi connectivity index (χ3v) is 3.24. The van der Waals surface area contributed by atoms with E-state index in [9.17, 15) is 0 Å². The number of aryl methyl sites for hydroxylation is 4. The largest absolute Gasteiger partial charge is 0.263 e. The standard InChI is InChI=1S/C7H10N2.C7H9NS/c1-5-4-8-7(3)9-6(5)2;1-5-3-8-4-7(9)6(5)2/h4H,1-3H3;3-4,9H,1-2H3. The Balaban J connectivity index is 0.000000180. The highest BCUT2D eigenvalue weighted by Gasteiger charge is 1.94. The SMILES string of the molecule is Cc1cncc(S)c1C.Cc1ncc(C)c(C)n1. The minimum absolute atomic E-state index is 0.845. The summed E-state index contributed by atoms with van der Waals surface area (Å²) in [6.45, 7) is 9.96. The zero-order chi connectivity index (χ0) is 13.7. The van der Waals surface area contributed by atoms with Crippen LogP contribution in [0.5, 0.6) is 0 Å². The van der Waals surface area contributed by atoms with Crippen molar-refractivity contribution in [1.82, 2.24) is 15.0 Å². The van der Waals surface area contributed by atoms with Crippen LogP contribution in [0.25, 0.3) is 0 Å². The molecule has 2 rings (SSSR count). The average molecular weight is 261 g/mol. The predicted octanol–water partition coefficient (Wildman–Crippen LogP) is 3.39. The second-order valence-electron chi connectivity index (χ2n) is 4.29. The summed E-state index contributed by atoms with van der Waals surface area (Å²) in [5, 5.41) is 0.